The van der Waals surface area contributed by atoms with Gasteiger partial charge in [-0.3, -0.25) is 4.79 Å². The maximum absolute atomic E-state index is 14.1. The average molecular weight is 547 g/mol. The Bertz CT molecular complexity index is 1500. The third-order valence-corrected chi connectivity index (χ3v) is 8.59. The highest BCUT2D eigenvalue weighted by atomic mass is 16.2. The largest absolute Gasteiger partial charge is 0.336 e. The van der Waals surface area contributed by atoms with Crippen LogP contribution >= 0.6 is 0 Å². The Hall–Kier alpha value is -4.16. The van der Waals surface area contributed by atoms with E-state index in [1.165, 1.54) is 16.3 Å². The molecule has 2 atom stereocenters. The van der Waals surface area contributed by atoms with Crippen molar-refractivity contribution in [1.29, 1.82) is 0 Å². The molecule has 6 rings (SSSR count). The minimum Gasteiger partial charge on any atom is -0.336 e. The highest BCUT2D eigenvalue weighted by Crippen LogP contribution is 2.31. The molecular formula is C35H38N4O2. The summed E-state index contributed by atoms with van der Waals surface area (Å²) in [6, 6.07) is 32.9. The first kappa shape index (κ1) is 27.0. The SMILES string of the molecule is NCCCCC1C(=O)N(Cc2cccc3ccccc23)CC[C@H]2CN(Cc3ccc(-c4ccccc4)cc3)C(=O)N12. The zero-order chi connectivity index (χ0) is 28.2. The van der Waals surface area contributed by atoms with Crippen LogP contribution in [0.2, 0.25) is 0 Å². The Balaban J connectivity index is 1.20. The molecule has 2 N–H and O–H groups in total. The Kier molecular flexibility index (Phi) is 8.01. The fourth-order valence-electron chi connectivity index (χ4n) is 6.43. The maximum Gasteiger partial charge on any atom is 0.321 e. The van der Waals surface area contributed by atoms with Crippen molar-refractivity contribution in [2.45, 2.75) is 50.9 Å². The first-order valence-corrected chi connectivity index (χ1v) is 14.8. The second kappa shape index (κ2) is 12.1. The topological polar surface area (TPSA) is 69.9 Å². The number of rotatable bonds is 9. The molecule has 3 amide bonds. The molecule has 41 heavy (non-hydrogen) atoms. The molecule has 0 bridgehead atoms. The molecule has 0 spiro atoms. The minimum atomic E-state index is -0.456. The van der Waals surface area contributed by atoms with Gasteiger partial charge in [0.05, 0.1) is 6.04 Å². The van der Waals surface area contributed by atoms with Crippen LogP contribution in [-0.2, 0) is 17.9 Å². The first-order chi connectivity index (χ1) is 20.1. The number of hydrogen-bond donors (Lipinski definition) is 1. The van der Waals surface area contributed by atoms with E-state index < -0.39 is 6.04 Å². The van der Waals surface area contributed by atoms with Gasteiger partial charge in [-0.25, -0.2) is 4.79 Å². The molecule has 2 aliphatic heterocycles. The zero-order valence-corrected chi connectivity index (χ0v) is 23.5. The molecule has 6 nitrogen and oxygen atoms in total. The Morgan fingerprint density at radius 2 is 1.46 bits per heavy atom. The van der Waals surface area contributed by atoms with Gasteiger partial charge in [-0.05, 0) is 65.3 Å². The number of unbranched alkanes of at least 4 members (excludes halogenated alkanes) is 1. The minimum absolute atomic E-state index is 0.0236. The molecule has 1 unspecified atom stereocenters. The van der Waals surface area contributed by atoms with Crippen molar-refractivity contribution in [3.05, 3.63) is 108 Å². The lowest BCUT2D eigenvalue weighted by molar-refractivity contribution is -0.135. The van der Waals surface area contributed by atoms with Gasteiger partial charge in [-0.15, -0.1) is 0 Å². The number of carbonyl (C=O) groups excluding carboxylic acids is 2. The third-order valence-electron chi connectivity index (χ3n) is 8.59. The number of hydrogen-bond acceptors (Lipinski definition) is 3. The van der Waals surface area contributed by atoms with Gasteiger partial charge < -0.3 is 20.4 Å². The van der Waals surface area contributed by atoms with Crippen LogP contribution in [0.15, 0.2) is 97.1 Å². The van der Waals surface area contributed by atoms with E-state index in [0.717, 1.165) is 36.0 Å². The second-order valence-corrected chi connectivity index (χ2v) is 11.3. The summed E-state index contributed by atoms with van der Waals surface area (Å²) in [6.07, 6.45) is 3.09. The van der Waals surface area contributed by atoms with E-state index in [2.05, 4.69) is 66.7 Å². The first-order valence-electron chi connectivity index (χ1n) is 14.8. The lowest BCUT2D eigenvalue weighted by Gasteiger charge is -2.31. The predicted molar refractivity (Wildman–Crippen MR) is 164 cm³/mol. The van der Waals surface area contributed by atoms with Gasteiger partial charge in [0.25, 0.3) is 0 Å². The molecule has 4 aromatic rings. The van der Waals surface area contributed by atoms with Gasteiger partial charge in [0, 0.05) is 26.2 Å². The van der Waals surface area contributed by atoms with Crippen molar-refractivity contribution < 1.29 is 9.59 Å². The third kappa shape index (κ3) is 5.70. The summed E-state index contributed by atoms with van der Waals surface area (Å²) in [5.41, 5.74) is 10.4. The Morgan fingerprint density at radius 1 is 0.732 bits per heavy atom. The fourth-order valence-corrected chi connectivity index (χ4v) is 6.43. The summed E-state index contributed by atoms with van der Waals surface area (Å²) >= 11 is 0. The van der Waals surface area contributed by atoms with E-state index in [0.29, 0.717) is 39.1 Å². The van der Waals surface area contributed by atoms with E-state index in [1.807, 2.05) is 45.0 Å². The molecule has 2 aliphatic rings. The van der Waals surface area contributed by atoms with Crippen LogP contribution in [0.3, 0.4) is 0 Å². The Labute approximate surface area is 242 Å². The molecule has 0 radical (unpaired) electrons. The van der Waals surface area contributed by atoms with Crippen LogP contribution in [0.25, 0.3) is 21.9 Å². The summed E-state index contributed by atoms with van der Waals surface area (Å²) < 4.78 is 0. The van der Waals surface area contributed by atoms with Gasteiger partial charge in [-0.2, -0.15) is 0 Å². The summed E-state index contributed by atoms with van der Waals surface area (Å²) in [5.74, 6) is 0.0554. The molecule has 0 saturated carbocycles. The van der Waals surface area contributed by atoms with Gasteiger partial charge in [-0.1, -0.05) is 97.1 Å². The second-order valence-electron chi connectivity index (χ2n) is 11.3. The van der Waals surface area contributed by atoms with Crippen molar-refractivity contribution in [3.63, 3.8) is 0 Å². The molecule has 2 saturated heterocycles. The number of carbonyl (C=O) groups is 2. The quantitative estimate of drug-likeness (QED) is 0.260. The molecule has 210 valence electrons. The van der Waals surface area contributed by atoms with E-state index in [-0.39, 0.29) is 18.0 Å². The Morgan fingerprint density at radius 3 is 2.27 bits per heavy atom. The number of nitrogens with zero attached hydrogens (tertiary/aromatic N) is 3. The van der Waals surface area contributed by atoms with Crippen LogP contribution in [-0.4, -0.2) is 58.4 Å². The van der Waals surface area contributed by atoms with Crippen molar-refractivity contribution >= 4 is 22.7 Å². The van der Waals surface area contributed by atoms with Gasteiger partial charge in [0.15, 0.2) is 0 Å². The molecule has 2 fully saturated rings. The van der Waals surface area contributed by atoms with E-state index >= 15 is 0 Å². The van der Waals surface area contributed by atoms with E-state index in [9.17, 15) is 9.59 Å². The summed E-state index contributed by atoms with van der Waals surface area (Å²) in [7, 11) is 0. The number of nitrogens with two attached hydrogens (primary N) is 1. The average Bonchev–Trinajstić information content (AvgIpc) is 3.25. The van der Waals surface area contributed by atoms with Crippen LogP contribution in [0.1, 0.15) is 36.8 Å². The van der Waals surface area contributed by atoms with Crippen LogP contribution in [0.5, 0.6) is 0 Å². The van der Waals surface area contributed by atoms with Gasteiger partial charge in [0.1, 0.15) is 6.04 Å². The predicted octanol–water partition coefficient (Wildman–Crippen LogP) is 6.04. The van der Waals surface area contributed by atoms with Crippen molar-refractivity contribution in [2.75, 3.05) is 19.6 Å². The van der Waals surface area contributed by atoms with E-state index in [1.54, 1.807) is 0 Å². The number of amides is 3. The molecule has 0 aromatic heterocycles. The molecule has 4 aromatic carbocycles. The van der Waals surface area contributed by atoms with Crippen LogP contribution in [0, 0.1) is 0 Å². The van der Waals surface area contributed by atoms with Gasteiger partial charge >= 0.3 is 6.03 Å². The van der Waals surface area contributed by atoms with E-state index in [4.69, 9.17) is 5.73 Å². The highest BCUT2D eigenvalue weighted by molar-refractivity contribution is 5.90. The molecule has 0 aliphatic carbocycles. The van der Waals surface area contributed by atoms with Crippen molar-refractivity contribution in [1.82, 2.24) is 14.7 Å². The number of fused-ring (bicyclic) bond motifs is 2. The lowest BCUT2D eigenvalue weighted by atomic mass is 10.0. The smallest absolute Gasteiger partial charge is 0.321 e. The van der Waals surface area contributed by atoms with Gasteiger partial charge in [0.2, 0.25) is 5.91 Å². The van der Waals surface area contributed by atoms with Crippen LogP contribution in [0.4, 0.5) is 4.79 Å². The molecule has 6 heteroatoms. The summed E-state index contributed by atoms with van der Waals surface area (Å²) in [5, 5.41) is 2.35. The van der Waals surface area contributed by atoms with Crippen molar-refractivity contribution in [3.8, 4) is 11.1 Å². The molecule has 2 heterocycles. The lowest BCUT2D eigenvalue weighted by Crippen LogP contribution is -2.49. The standard InChI is InChI=1S/C35H38N4O2/c36-21-7-6-15-33-34(40)37(24-30-13-8-12-29-11-4-5-14-32(29)30)22-20-31-25-38(35(41)39(31)33)23-26-16-18-28(19-17-26)27-9-2-1-3-10-27/h1-5,8-14,16-19,31,33H,6-7,15,20-25,36H2/t31-,33?/m0/s1. The molecular weight excluding hydrogens is 508 g/mol. The fraction of sp³-hybridized carbons (Fsp3) is 0.314. The monoisotopic (exact) mass is 546 g/mol. The summed E-state index contributed by atoms with van der Waals surface area (Å²) in [4.78, 5) is 33.8. The highest BCUT2D eigenvalue weighted by Gasteiger charge is 2.46. The number of benzene rings is 4. The maximum atomic E-state index is 14.1. The van der Waals surface area contributed by atoms with Crippen LogP contribution < -0.4 is 5.73 Å². The summed E-state index contributed by atoms with van der Waals surface area (Å²) in [6.45, 7) is 2.97. The normalized spacial score (nSPS) is 19.1. The zero-order valence-electron chi connectivity index (χ0n) is 23.5. The van der Waals surface area contributed by atoms with Crippen molar-refractivity contribution in [2.24, 2.45) is 5.73 Å². The number of urea groups is 1.